The van der Waals surface area contributed by atoms with Crippen LogP contribution in [-0.4, -0.2) is 49.6 Å². The molecule has 1 N–H and O–H groups in total. The summed E-state index contributed by atoms with van der Waals surface area (Å²) in [6, 6.07) is 0.273. The molecule has 0 radical (unpaired) electrons. The van der Waals surface area contributed by atoms with Gasteiger partial charge in [0.05, 0.1) is 0 Å². The first-order chi connectivity index (χ1) is 7.11. The van der Waals surface area contributed by atoms with E-state index < -0.39 is 5.97 Å². The molecule has 1 amide bonds. The normalized spacial score (nSPS) is 17.2. The summed E-state index contributed by atoms with van der Waals surface area (Å²) in [5.74, 6) is -0.542. The minimum absolute atomic E-state index is 0.128. The summed E-state index contributed by atoms with van der Waals surface area (Å²) in [7, 11) is 1.77. The SMILES string of the molecule is CC(=O)OCC(=O)N(C)C1CCNCC1. The maximum atomic E-state index is 11.6. The summed E-state index contributed by atoms with van der Waals surface area (Å²) in [6.07, 6.45) is 1.92. The number of rotatable bonds is 3. The molecule has 0 aromatic carbocycles. The van der Waals surface area contributed by atoms with Gasteiger partial charge in [0.1, 0.15) is 0 Å². The molecule has 1 aliphatic rings. The van der Waals surface area contributed by atoms with Crippen molar-refractivity contribution in [3.63, 3.8) is 0 Å². The number of hydrogen-bond acceptors (Lipinski definition) is 4. The van der Waals surface area contributed by atoms with Crippen molar-refractivity contribution in [3.8, 4) is 0 Å². The lowest BCUT2D eigenvalue weighted by Crippen LogP contribution is -2.45. The number of ether oxygens (including phenoxy) is 1. The topological polar surface area (TPSA) is 58.6 Å². The van der Waals surface area contributed by atoms with Crippen molar-refractivity contribution in [1.29, 1.82) is 0 Å². The van der Waals surface area contributed by atoms with E-state index in [1.807, 2.05) is 0 Å². The first kappa shape index (κ1) is 12.0. The van der Waals surface area contributed by atoms with Gasteiger partial charge in [-0.1, -0.05) is 0 Å². The van der Waals surface area contributed by atoms with E-state index in [0.29, 0.717) is 0 Å². The fraction of sp³-hybridized carbons (Fsp3) is 0.800. The molecule has 0 atom stereocenters. The summed E-state index contributed by atoms with van der Waals surface area (Å²) < 4.78 is 4.67. The van der Waals surface area contributed by atoms with Gasteiger partial charge in [-0.05, 0) is 25.9 Å². The molecule has 1 saturated heterocycles. The fourth-order valence-electron chi connectivity index (χ4n) is 1.66. The smallest absolute Gasteiger partial charge is 0.303 e. The number of amides is 1. The highest BCUT2D eigenvalue weighted by atomic mass is 16.5. The molecule has 5 nitrogen and oxygen atoms in total. The van der Waals surface area contributed by atoms with Crippen molar-refractivity contribution in [2.45, 2.75) is 25.8 Å². The van der Waals surface area contributed by atoms with Gasteiger partial charge in [0, 0.05) is 20.0 Å². The Morgan fingerprint density at radius 2 is 2.00 bits per heavy atom. The first-order valence-electron chi connectivity index (χ1n) is 5.21. The lowest BCUT2D eigenvalue weighted by Gasteiger charge is -2.31. The van der Waals surface area contributed by atoms with Crippen molar-refractivity contribution in [1.82, 2.24) is 10.2 Å². The number of carbonyl (C=O) groups is 2. The average molecular weight is 214 g/mol. The zero-order valence-electron chi connectivity index (χ0n) is 9.28. The Balaban J connectivity index is 2.33. The molecule has 15 heavy (non-hydrogen) atoms. The predicted molar refractivity (Wildman–Crippen MR) is 55.3 cm³/mol. The number of nitrogens with one attached hydrogen (secondary N) is 1. The molecule has 0 spiro atoms. The third kappa shape index (κ3) is 3.87. The van der Waals surface area contributed by atoms with Gasteiger partial charge in [0.25, 0.3) is 5.91 Å². The van der Waals surface area contributed by atoms with Gasteiger partial charge in [-0.15, -0.1) is 0 Å². The van der Waals surface area contributed by atoms with E-state index in [9.17, 15) is 9.59 Å². The molecule has 5 heteroatoms. The van der Waals surface area contributed by atoms with E-state index in [0.717, 1.165) is 25.9 Å². The van der Waals surface area contributed by atoms with E-state index in [2.05, 4.69) is 10.1 Å². The Labute approximate surface area is 89.8 Å². The molecule has 86 valence electrons. The van der Waals surface area contributed by atoms with Gasteiger partial charge >= 0.3 is 5.97 Å². The second-order valence-corrected chi connectivity index (χ2v) is 3.77. The lowest BCUT2D eigenvalue weighted by molar-refractivity contribution is -0.150. The zero-order valence-corrected chi connectivity index (χ0v) is 9.28. The maximum absolute atomic E-state index is 11.6. The molecular weight excluding hydrogens is 196 g/mol. The van der Waals surface area contributed by atoms with Crippen LogP contribution in [0.2, 0.25) is 0 Å². The first-order valence-corrected chi connectivity index (χ1v) is 5.21. The monoisotopic (exact) mass is 214 g/mol. The molecule has 1 fully saturated rings. The van der Waals surface area contributed by atoms with Gasteiger partial charge in [0.15, 0.2) is 6.61 Å². The lowest BCUT2D eigenvalue weighted by atomic mass is 10.1. The molecular formula is C10H18N2O3. The Kier molecular flexibility index (Phi) is 4.55. The van der Waals surface area contributed by atoms with Crippen molar-refractivity contribution in [2.24, 2.45) is 0 Å². The minimum atomic E-state index is -0.415. The number of piperidine rings is 1. The quantitative estimate of drug-likeness (QED) is 0.659. The minimum Gasteiger partial charge on any atom is -0.456 e. The second kappa shape index (κ2) is 5.70. The van der Waals surface area contributed by atoms with Crippen LogP contribution in [0.4, 0.5) is 0 Å². The van der Waals surface area contributed by atoms with Gasteiger partial charge in [0.2, 0.25) is 0 Å². The molecule has 1 aliphatic heterocycles. The molecule has 0 bridgehead atoms. The van der Waals surface area contributed by atoms with E-state index in [4.69, 9.17) is 0 Å². The van der Waals surface area contributed by atoms with E-state index in [1.54, 1.807) is 11.9 Å². The molecule has 1 heterocycles. The van der Waals surface area contributed by atoms with Crippen molar-refractivity contribution in [3.05, 3.63) is 0 Å². The predicted octanol–water partition coefficient (Wildman–Crippen LogP) is -0.240. The molecule has 0 unspecified atom stereocenters. The Morgan fingerprint density at radius 3 is 2.53 bits per heavy atom. The number of hydrogen-bond donors (Lipinski definition) is 1. The van der Waals surface area contributed by atoms with Crippen LogP contribution in [0.5, 0.6) is 0 Å². The fourth-order valence-corrected chi connectivity index (χ4v) is 1.66. The molecule has 0 aromatic heterocycles. The van der Waals surface area contributed by atoms with Crippen LogP contribution >= 0.6 is 0 Å². The van der Waals surface area contributed by atoms with Crippen molar-refractivity contribution in [2.75, 3.05) is 26.7 Å². The summed E-state index contributed by atoms with van der Waals surface area (Å²) in [6.45, 7) is 3.04. The van der Waals surface area contributed by atoms with Gasteiger partial charge in [-0.3, -0.25) is 9.59 Å². The van der Waals surface area contributed by atoms with Gasteiger partial charge in [-0.25, -0.2) is 0 Å². The van der Waals surface area contributed by atoms with Crippen LogP contribution in [0.15, 0.2) is 0 Å². The highest BCUT2D eigenvalue weighted by Gasteiger charge is 2.22. The van der Waals surface area contributed by atoms with Crippen LogP contribution in [0, 0.1) is 0 Å². The highest BCUT2D eigenvalue weighted by molar-refractivity contribution is 5.80. The summed E-state index contributed by atoms with van der Waals surface area (Å²) in [5, 5.41) is 3.24. The van der Waals surface area contributed by atoms with Gasteiger partial charge in [-0.2, -0.15) is 0 Å². The van der Waals surface area contributed by atoms with E-state index in [-0.39, 0.29) is 18.6 Å². The number of carbonyl (C=O) groups excluding carboxylic acids is 2. The average Bonchev–Trinajstić information content (AvgIpc) is 2.26. The number of nitrogens with zero attached hydrogens (tertiary/aromatic N) is 1. The Morgan fingerprint density at radius 1 is 1.40 bits per heavy atom. The van der Waals surface area contributed by atoms with Crippen LogP contribution < -0.4 is 5.32 Å². The largest absolute Gasteiger partial charge is 0.456 e. The number of esters is 1. The highest BCUT2D eigenvalue weighted by Crippen LogP contribution is 2.09. The number of likely N-dealkylation sites (N-methyl/N-ethyl adjacent to an activating group) is 1. The standard InChI is InChI=1S/C10H18N2O3/c1-8(13)15-7-10(14)12(2)9-3-5-11-6-4-9/h9,11H,3-7H2,1-2H3. The third-order valence-electron chi connectivity index (χ3n) is 2.65. The van der Waals surface area contributed by atoms with E-state index in [1.165, 1.54) is 6.92 Å². The Hall–Kier alpha value is -1.10. The summed E-state index contributed by atoms with van der Waals surface area (Å²) >= 11 is 0. The molecule has 1 rings (SSSR count). The zero-order chi connectivity index (χ0) is 11.3. The maximum Gasteiger partial charge on any atom is 0.303 e. The summed E-state index contributed by atoms with van der Waals surface area (Å²) in [4.78, 5) is 23.8. The van der Waals surface area contributed by atoms with Crippen LogP contribution in [-0.2, 0) is 14.3 Å². The molecule has 0 aromatic rings. The molecule has 0 aliphatic carbocycles. The summed E-state index contributed by atoms with van der Waals surface area (Å²) in [5.41, 5.74) is 0. The second-order valence-electron chi connectivity index (χ2n) is 3.77. The van der Waals surface area contributed by atoms with Crippen LogP contribution in [0.25, 0.3) is 0 Å². The van der Waals surface area contributed by atoms with Crippen molar-refractivity contribution < 1.29 is 14.3 Å². The Bertz CT molecular complexity index is 237. The van der Waals surface area contributed by atoms with E-state index >= 15 is 0 Å². The van der Waals surface area contributed by atoms with Crippen LogP contribution in [0.1, 0.15) is 19.8 Å². The van der Waals surface area contributed by atoms with Crippen LogP contribution in [0.3, 0.4) is 0 Å². The van der Waals surface area contributed by atoms with Crippen molar-refractivity contribution >= 4 is 11.9 Å². The third-order valence-corrected chi connectivity index (χ3v) is 2.65. The molecule has 0 saturated carbocycles. The van der Waals surface area contributed by atoms with Gasteiger partial charge < -0.3 is 15.0 Å².